The molecule has 0 aliphatic carbocycles. The monoisotopic (exact) mass is 444 g/mol. The van der Waals surface area contributed by atoms with Gasteiger partial charge in [-0.15, -0.1) is 0 Å². The molecule has 27 heavy (non-hydrogen) atoms. The minimum absolute atomic E-state index is 0.208. The molecule has 0 aliphatic rings. The average molecular weight is 445 g/mol. The zero-order valence-electron chi connectivity index (χ0n) is 19.3. The van der Waals surface area contributed by atoms with Gasteiger partial charge in [-0.1, -0.05) is 71.2 Å². The van der Waals surface area contributed by atoms with Crippen molar-refractivity contribution in [2.24, 2.45) is 0 Å². The molecule has 0 spiro atoms. The van der Waals surface area contributed by atoms with Crippen LogP contribution >= 0.6 is 0 Å². The third-order valence-electron chi connectivity index (χ3n) is 5.36. The molecule has 0 N–H and O–H groups in total. The predicted molar refractivity (Wildman–Crippen MR) is 126 cm³/mol. The Morgan fingerprint density at radius 1 is 0.852 bits per heavy atom. The first-order chi connectivity index (χ1) is 12.0. The summed E-state index contributed by atoms with van der Waals surface area (Å²) in [4.78, 5) is 24.8. The van der Waals surface area contributed by atoms with Crippen LogP contribution in [0.3, 0.4) is 0 Å². The van der Waals surface area contributed by atoms with E-state index < -0.39 is 35.4 Å². The Morgan fingerprint density at radius 3 is 1.56 bits per heavy atom. The fraction of sp³-hybridized carbons (Fsp3) is 0.684. The van der Waals surface area contributed by atoms with E-state index in [0.717, 1.165) is 0 Å². The molecule has 0 aromatic carbocycles. The largest absolute Gasteiger partial charge is 0.466 e. The van der Waals surface area contributed by atoms with E-state index in [2.05, 4.69) is 71.2 Å². The Hall–Kier alpha value is -0.712. The molecule has 0 saturated carbocycles. The molecule has 0 unspecified atom stereocenters. The molecule has 0 fully saturated rings. The lowest BCUT2D eigenvalue weighted by molar-refractivity contribution is -0.138. The lowest BCUT2D eigenvalue weighted by Gasteiger charge is -2.56. The SMILES string of the molecule is C=C(C/C(=C\[Si]([Si](C)(C)C)([Si](C)(C)C)[Si](C)(C)C)C(=O)OCC)C(=O)OC. The number of hydrogen-bond donors (Lipinski definition) is 0. The van der Waals surface area contributed by atoms with Gasteiger partial charge in [-0.25, -0.2) is 9.59 Å². The van der Waals surface area contributed by atoms with Gasteiger partial charge in [-0.05, 0) is 6.92 Å². The smallest absolute Gasteiger partial charge is 0.333 e. The summed E-state index contributed by atoms with van der Waals surface area (Å²) in [5.41, 5.74) is 3.29. The van der Waals surface area contributed by atoms with E-state index in [1.807, 2.05) is 6.92 Å². The van der Waals surface area contributed by atoms with Crippen molar-refractivity contribution in [2.75, 3.05) is 13.7 Å². The van der Waals surface area contributed by atoms with Crippen molar-refractivity contribution in [3.8, 4) is 0 Å². The number of esters is 2. The fourth-order valence-electron chi connectivity index (χ4n) is 5.14. The highest BCUT2D eigenvalue weighted by molar-refractivity contribution is 7.90. The van der Waals surface area contributed by atoms with Crippen LogP contribution in [0, 0.1) is 0 Å². The summed E-state index contributed by atoms with van der Waals surface area (Å²) in [6, 6.07) is 0. The third kappa shape index (κ3) is 5.88. The van der Waals surface area contributed by atoms with Gasteiger partial charge in [0, 0.05) is 40.3 Å². The van der Waals surface area contributed by atoms with Crippen LogP contribution in [0.15, 0.2) is 23.4 Å². The van der Waals surface area contributed by atoms with Crippen LogP contribution in [0.25, 0.3) is 0 Å². The molecule has 0 saturated heterocycles. The molecule has 0 heterocycles. The minimum Gasteiger partial charge on any atom is -0.466 e. The Bertz CT molecular complexity index is 569. The second kappa shape index (κ2) is 9.19. The van der Waals surface area contributed by atoms with Crippen LogP contribution in [0.4, 0.5) is 0 Å². The summed E-state index contributed by atoms with van der Waals surface area (Å²) < 4.78 is 10.2. The van der Waals surface area contributed by atoms with E-state index in [1.165, 1.54) is 7.11 Å². The molecular formula is C19H40O4Si4. The number of carbonyl (C=O) groups is 2. The average Bonchev–Trinajstić information content (AvgIpc) is 2.46. The lowest BCUT2D eigenvalue weighted by Crippen LogP contribution is -2.82. The van der Waals surface area contributed by atoms with Crippen LogP contribution in [-0.4, -0.2) is 55.1 Å². The maximum absolute atomic E-state index is 12.8. The Labute approximate surface area is 169 Å². The van der Waals surface area contributed by atoms with Gasteiger partial charge in [0.2, 0.25) is 0 Å². The first-order valence-corrected chi connectivity index (χ1v) is 25.2. The van der Waals surface area contributed by atoms with E-state index in [-0.39, 0.29) is 12.4 Å². The van der Waals surface area contributed by atoms with Crippen molar-refractivity contribution in [3.05, 3.63) is 23.4 Å². The highest BCUT2D eigenvalue weighted by atomic mass is 29.9. The van der Waals surface area contributed by atoms with Gasteiger partial charge in [0.25, 0.3) is 0 Å². The maximum Gasteiger partial charge on any atom is 0.333 e. The molecular weight excluding hydrogens is 405 g/mol. The summed E-state index contributed by atoms with van der Waals surface area (Å²) in [6.45, 7) is 26.2. The summed E-state index contributed by atoms with van der Waals surface area (Å²) in [5.74, 6) is -0.777. The van der Waals surface area contributed by atoms with Gasteiger partial charge < -0.3 is 9.47 Å². The normalized spacial score (nSPS) is 14.0. The van der Waals surface area contributed by atoms with E-state index >= 15 is 0 Å². The second-order valence-electron chi connectivity index (χ2n) is 10.2. The number of carbonyl (C=O) groups excluding carboxylic acids is 2. The van der Waals surface area contributed by atoms with Gasteiger partial charge in [0.1, 0.15) is 0 Å². The Balaban J connectivity index is 6.77. The van der Waals surface area contributed by atoms with Gasteiger partial charge in [0.15, 0.2) is 0 Å². The van der Waals surface area contributed by atoms with Gasteiger partial charge in [-0.2, -0.15) is 0 Å². The highest BCUT2D eigenvalue weighted by Gasteiger charge is 2.60. The van der Waals surface area contributed by atoms with Crippen LogP contribution < -0.4 is 0 Å². The van der Waals surface area contributed by atoms with Gasteiger partial charge >= 0.3 is 11.9 Å². The van der Waals surface area contributed by atoms with Crippen molar-refractivity contribution >= 4 is 41.3 Å². The zero-order valence-corrected chi connectivity index (χ0v) is 23.3. The van der Waals surface area contributed by atoms with Crippen molar-refractivity contribution in [2.45, 2.75) is 72.3 Å². The molecule has 0 atom stereocenters. The van der Waals surface area contributed by atoms with Crippen LogP contribution in [-0.2, 0) is 19.1 Å². The Kier molecular flexibility index (Phi) is 8.95. The van der Waals surface area contributed by atoms with Gasteiger partial charge in [0.05, 0.1) is 20.3 Å². The molecule has 0 bridgehead atoms. The summed E-state index contributed by atoms with van der Waals surface area (Å²) >= 11 is 0. The molecule has 0 amide bonds. The quantitative estimate of drug-likeness (QED) is 0.290. The first kappa shape index (κ1) is 26.3. The molecule has 8 heteroatoms. The molecule has 156 valence electrons. The number of hydrogen-bond acceptors (Lipinski definition) is 4. The van der Waals surface area contributed by atoms with Crippen LogP contribution in [0.1, 0.15) is 13.3 Å². The van der Waals surface area contributed by atoms with E-state index in [0.29, 0.717) is 17.8 Å². The fourth-order valence-corrected chi connectivity index (χ4v) is 100. The van der Waals surface area contributed by atoms with Crippen molar-refractivity contribution < 1.29 is 19.1 Å². The number of rotatable bonds is 9. The summed E-state index contributed by atoms with van der Waals surface area (Å²) in [7, 11) is -3.44. The van der Waals surface area contributed by atoms with E-state index in [1.54, 1.807) is 0 Å². The highest BCUT2D eigenvalue weighted by Crippen LogP contribution is 2.39. The van der Waals surface area contributed by atoms with Crippen molar-refractivity contribution in [3.63, 3.8) is 0 Å². The first-order valence-electron chi connectivity index (χ1n) is 9.61. The predicted octanol–water partition coefficient (Wildman–Crippen LogP) is 4.83. The molecule has 0 aliphatic heterocycles. The topological polar surface area (TPSA) is 52.6 Å². The van der Waals surface area contributed by atoms with E-state index in [4.69, 9.17) is 9.47 Å². The lowest BCUT2D eigenvalue weighted by atomic mass is 10.1. The van der Waals surface area contributed by atoms with E-state index in [9.17, 15) is 9.59 Å². The number of methoxy groups -OCH3 is 1. The molecule has 0 rings (SSSR count). The molecule has 0 aromatic heterocycles. The third-order valence-corrected chi connectivity index (χ3v) is 76.3. The van der Waals surface area contributed by atoms with Crippen LogP contribution in [0.5, 0.6) is 0 Å². The molecule has 0 aromatic rings. The summed E-state index contributed by atoms with van der Waals surface area (Å²) in [5, 5.41) is 0. The standard InChI is InChI=1S/C19H40O4Si4/c1-13-23-19(21)17(14-16(2)18(20)22-3)15-27(24(4,5)6,25(7,8)9)26(10,11)12/h15H,2,13-14H2,1,3-12H3/b17-15+. The number of ether oxygens (including phenoxy) is 2. The maximum atomic E-state index is 12.8. The zero-order chi connectivity index (χ0) is 21.8. The van der Waals surface area contributed by atoms with Crippen LogP contribution in [0.2, 0.25) is 58.9 Å². The summed E-state index contributed by atoms with van der Waals surface area (Å²) in [6.07, 6.45) is 0.208. The Morgan fingerprint density at radius 2 is 1.26 bits per heavy atom. The van der Waals surface area contributed by atoms with Crippen molar-refractivity contribution in [1.29, 1.82) is 0 Å². The molecule has 0 radical (unpaired) electrons. The minimum atomic E-state index is -1.91. The second-order valence-corrected chi connectivity index (χ2v) is 50.7. The molecule has 4 nitrogen and oxygen atoms in total. The van der Waals surface area contributed by atoms with Crippen molar-refractivity contribution in [1.82, 2.24) is 0 Å². The van der Waals surface area contributed by atoms with Gasteiger partial charge in [-0.3, -0.25) is 0 Å².